The molecule has 6 heteroatoms. The molecule has 23 heavy (non-hydrogen) atoms. The number of para-hydroxylation sites is 1. The molecule has 2 N–H and O–H groups in total. The molecular formula is C17H19Cl2NO3. The molecule has 124 valence electrons. The maximum atomic E-state index is 8.88. The average molecular weight is 356 g/mol. The van der Waals surface area contributed by atoms with Crippen LogP contribution >= 0.6 is 23.2 Å². The van der Waals surface area contributed by atoms with Gasteiger partial charge < -0.3 is 19.9 Å². The number of nitrogens with one attached hydrogen (secondary N) is 1. The topological polar surface area (TPSA) is 50.7 Å². The number of halogens is 2. The number of rotatable bonds is 8. The standard InChI is InChI=1S/C17H19Cl2NO3/c1-22-16-4-2-3-12(10-20-7-8-21)17(16)23-11-13-5-6-14(18)9-15(13)19/h2-6,9,20-21H,7-8,10-11H2,1H3. The van der Waals surface area contributed by atoms with Crippen molar-refractivity contribution in [1.29, 1.82) is 0 Å². The van der Waals surface area contributed by atoms with Gasteiger partial charge in [0.1, 0.15) is 6.61 Å². The predicted octanol–water partition coefficient (Wildman–Crippen LogP) is 3.66. The molecule has 0 heterocycles. The Morgan fingerprint density at radius 1 is 1.13 bits per heavy atom. The van der Waals surface area contributed by atoms with Gasteiger partial charge in [0, 0.05) is 34.3 Å². The first-order chi connectivity index (χ1) is 11.2. The van der Waals surface area contributed by atoms with Gasteiger partial charge in [-0.3, -0.25) is 0 Å². The fraction of sp³-hybridized carbons (Fsp3) is 0.294. The highest BCUT2D eigenvalue weighted by atomic mass is 35.5. The number of hydrogen-bond donors (Lipinski definition) is 2. The highest BCUT2D eigenvalue weighted by molar-refractivity contribution is 6.35. The fourth-order valence-electron chi connectivity index (χ4n) is 2.12. The van der Waals surface area contributed by atoms with Crippen molar-refractivity contribution >= 4 is 23.2 Å². The van der Waals surface area contributed by atoms with Crippen LogP contribution in [0.2, 0.25) is 10.0 Å². The van der Waals surface area contributed by atoms with Crippen LogP contribution in [0.3, 0.4) is 0 Å². The lowest BCUT2D eigenvalue weighted by Crippen LogP contribution is -2.18. The molecule has 4 nitrogen and oxygen atoms in total. The molecule has 0 fully saturated rings. The molecule has 2 aromatic rings. The van der Waals surface area contributed by atoms with Crippen LogP contribution in [-0.2, 0) is 13.2 Å². The second-order valence-electron chi connectivity index (χ2n) is 4.87. The van der Waals surface area contributed by atoms with Crippen LogP contribution in [-0.4, -0.2) is 25.4 Å². The minimum Gasteiger partial charge on any atom is -0.493 e. The van der Waals surface area contributed by atoms with E-state index < -0.39 is 0 Å². The normalized spacial score (nSPS) is 10.6. The summed E-state index contributed by atoms with van der Waals surface area (Å²) in [5.74, 6) is 1.31. The van der Waals surface area contributed by atoms with Gasteiger partial charge in [0.15, 0.2) is 11.5 Å². The SMILES string of the molecule is COc1cccc(CNCCO)c1OCc1ccc(Cl)cc1Cl. The van der Waals surface area contributed by atoms with Crippen molar-refractivity contribution in [3.8, 4) is 11.5 Å². The van der Waals surface area contributed by atoms with Crippen LogP contribution in [0.4, 0.5) is 0 Å². The Balaban J connectivity index is 2.16. The van der Waals surface area contributed by atoms with Crippen molar-refractivity contribution in [2.24, 2.45) is 0 Å². The Morgan fingerprint density at radius 3 is 2.65 bits per heavy atom. The van der Waals surface area contributed by atoms with Crippen LogP contribution in [0.1, 0.15) is 11.1 Å². The average Bonchev–Trinajstić information content (AvgIpc) is 2.55. The van der Waals surface area contributed by atoms with E-state index in [1.54, 1.807) is 19.2 Å². The summed E-state index contributed by atoms with van der Waals surface area (Å²) in [5.41, 5.74) is 1.79. The van der Waals surface area contributed by atoms with Crippen molar-refractivity contribution in [3.63, 3.8) is 0 Å². The maximum absolute atomic E-state index is 8.88. The summed E-state index contributed by atoms with van der Waals surface area (Å²) >= 11 is 12.1. The number of aliphatic hydroxyl groups excluding tert-OH is 1. The molecule has 0 aromatic heterocycles. The van der Waals surface area contributed by atoms with Crippen molar-refractivity contribution in [2.75, 3.05) is 20.3 Å². The molecule has 0 saturated heterocycles. The van der Waals surface area contributed by atoms with Gasteiger partial charge in [0.25, 0.3) is 0 Å². The lowest BCUT2D eigenvalue weighted by molar-refractivity contribution is 0.277. The Hall–Kier alpha value is -1.46. The molecule has 0 bridgehead atoms. The molecule has 0 amide bonds. The van der Waals surface area contributed by atoms with Crippen LogP contribution < -0.4 is 14.8 Å². The van der Waals surface area contributed by atoms with E-state index in [0.717, 1.165) is 11.1 Å². The first-order valence-corrected chi connectivity index (χ1v) is 7.95. The largest absolute Gasteiger partial charge is 0.493 e. The molecule has 0 unspecified atom stereocenters. The van der Waals surface area contributed by atoms with Gasteiger partial charge in [-0.2, -0.15) is 0 Å². The number of benzene rings is 2. The second kappa shape index (κ2) is 8.99. The van der Waals surface area contributed by atoms with E-state index in [4.69, 9.17) is 37.8 Å². The Labute approximate surface area is 145 Å². The number of hydrogen-bond acceptors (Lipinski definition) is 4. The van der Waals surface area contributed by atoms with Crippen LogP contribution in [0.15, 0.2) is 36.4 Å². The number of ether oxygens (including phenoxy) is 2. The van der Waals surface area contributed by atoms with Gasteiger partial charge in [-0.15, -0.1) is 0 Å². The van der Waals surface area contributed by atoms with E-state index in [1.807, 2.05) is 24.3 Å². The lowest BCUT2D eigenvalue weighted by atomic mass is 10.1. The van der Waals surface area contributed by atoms with E-state index in [1.165, 1.54) is 0 Å². The van der Waals surface area contributed by atoms with Gasteiger partial charge in [0.2, 0.25) is 0 Å². The Morgan fingerprint density at radius 2 is 1.96 bits per heavy atom. The number of aliphatic hydroxyl groups is 1. The molecule has 0 aliphatic carbocycles. The van der Waals surface area contributed by atoms with Crippen LogP contribution in [0.25, 0.3) is 0 Å². The summed E-state index contributed by atoms with van der Waals surface area (Å²) in [7, 11) is 1.60. The molecule has 0 saturated carbocycles. The predicted molar refractivity (Wildman–Crippen MR) is 92.6 cm³/mol. The third-order valence-electron chi connectivity index (χ3n) is 3.27. The van der Waals surface area contributed by atoms with Gasteiger partial charge >= 0.3 is 0 Å². The highest BCUT2D eigenvalue weighted by Crippen LogP contribution is 2.32. The third-order valence-corrected chi connectivity index (χ3v) is 3.86. The summed E-state index contributed by atoms with van der Waals surface area (Å²) < 4.78 is 11.3. The van der Waals surface area contributed by atoms with Crippen LogP contribution in [0.5, 0.6) is 11.5 Å². The lowest BCUT2D eigenvalue weighted by Gasteiger charge is -2.16. The minimum absolute atomic E-state index is 0.0839. The zero-order chi connectivity index (χ0) is 16.7. The van der Waals surface area contributed by atoms with Crippen LogP contribution in [0, 0.1) is 0 Å². The van der Waals surface area contributed by atoms with Crippen molar-refractivity contribution < 1.29 is 14.6 Å². The Bertz CT molecular complexity index is 650. The fourth-order valence-corrected chi connectivity index (χ4v) is 2.58. The summed E-state index contributed by atoms with van der Waals surface area (Å²) in [5, 5.41) is 13.2. The smallest absolute Gasteiger partial charge is 0.166 e. The number of methoxy groups -OCH3 is 1. The minimum atomic E-state index is 0.0839. The summed E-state index contributed by atoms with van der Waals surface area (Å²) in [6, 6.07) is 11.0. The molecule has 0 radical (unpaired) electrons. The summed E-state index contributed by atoms with van der Waals surface area (Å²) in [6.45, 7) is 1.48. The zero-order valence-corrected chi connectivity index (χ0v) is 14.3. The molecule has 0 spiro atoms. The quantitative estimate of drug-likeness (QED) is 0.709. The van der Waals surface area contributed by atoms with Gasteiger partial charge in [-0.25, -0.2) is 0 Å². The van der Waals surface area contributed by atoms with Gasteiger partial charge in [-0.05, 0) is 18.2 Å². The maximum Gasteiger partial charge on any atom is 0.166 e. The third kappa shape index (κ3) is 5.01. The molecular weight excluding hydrogens is 337 g/mol. The first-order valence-electron chi connectivity index (χ1n) is 7.20. The molecule has 0 aliphatic rings. The van der Waals surface area contributed by atoms with E-state index in [9.17, 15) is 0 Å². The van der Waals surface area contributed by atoms with Gasteiger partial charge in [0.05, 0.1) is 13.7 Å². The molecule has 2 rings (SSSR count). The molecule has 0 aliphatic heterocycles. The van der Waals surface area contributed by atoms with Crippen molar-refractivity contribution in [2.45, 2.75) is 13.2 Å². The van der Waals surface area contributed by atoms with E-state index in [0.29, 0.717) is 41.2 Å². The first kappa shape index (κ1) is 17.9. The van der Waals surface area contributed by atoms with Crippen molar-refractivity contribution in [3.05, 3.63) is 57.6 Å². The summed E-state index contributed by atoms with van der Waals surface area (Å²) in [4.78, 5) is 0. The van der Waals surface area contributed by atoms with Gasteiger partial charge in [-0.1, -0.05) is 41.4 Å². The monoisotopic (exact) mass is 355 g/mol. The molecule has 0 atom stereocenters. The van der Waals surface area contributed by atoms with E-state index in [2.05, 4.69) is 5.32 Å². The molecule has 2 aromatic carbocycles. The highest BCUT2D eigenvalue weighted by Gasteiger charge is 2.11. The summed E-state index contributed by atoms with van der Waals surface area (Å²) in [6.07, 6.45) is 0. The Kier molecular flexibility index (Phi) is 6.99. The van der Waals surface area contributed by atoms with E-state index in [-0.39, 0.29) is 6.61 Å². The zero-order valence-electron chi connectivity index (χ0n) is 12.8. The second-order valence-corrected chi connectivity index (χ2v) is 5.72. The van der Waals surface area contributed by atoms with Crippen molar-refractivity contribution in [1.82, 2.24) is 5.32 Å². The van der Waals surface area contributed by atoms with E-state index >= 15 is 0 Å².